The van der Waals surface area contributed by atoms with Gasteiger partial charge >= 0.3 is 0 Å². The third-order valence-electron chi connectivity index (χ3n) is 6.28. The van der Waals surface area contributed by atoms with Crippen molar-refractivity contribution < 1.29 is 23.1 Å². The fourth-order valence-electron chi connectivity index (χ4n) is 4.54. The molecule has 0 radical (unpaired) electrons. The number of ether oxygens (including phenoxy) is 2. The zero-order valence-electron chi connectivity index (χ0n) is 20.4. The minimum absolute atomic E-state index is 0.0321. The second kappa shape index (κ2) is 10.4. The second-order valence-corrected chi connectivity index (χ2v) is 9.63. The molecule has 2 heterocycles. The molecule has 0 N–H and O–H groups in total. The Morgan fingerprint density at radius 2 is 1.76 bits per heavy atom. The lowest BCUT2D eigenvalue weighted by molar-refractivity contribution is 0.0971. The SMILES string of the molecule is CCCCOc1ccc(C2c3c(oc4ccc(Br)cc4c3=O)C(=O)N2c2ccc(F)cc2)cc1OCC. The predicted octanol–water partition coefficient (Wildman–Crippen LogP) is 7.02. The van der Waals surface area contributed by atoms with Gasteiger partial charge in [-0.1, -0.05) is 35.3 Å². The van der Waals surface area contributed by atoms with E-state index in [9.17, 15) is 14.0 Å². The maximum atomic E-state index is 13.8. The Hall–Kier alpha value is -3.65. The van der Waals surface area contributed by atoms with Crippen LogP contribution >= 0.6 is 15.9 Å². The average molecular weight is 566 g/mol. The summed E-state index contributed by atoms with van der Waals surface area (Å²) in [5.74, 6) is 0.169. The molecule has 0 spiro atoms. The van der Waals surface area contributed by atoms with Gasteiger partial charge in [0.2, 0.25) is 5.76 Å². The van der Waals surface area contributed by atoms with Crippen LogP contribution < -0.4 is 19.8 Å². The van der Waals surface area contributed by atoms with Gasteiger partial charge in [-0.2, -0.15) is 0 Å². The van der Waals surface area contributed by atoms with Crippen molar-refractivity contribution in [1.82, 2.24) is 0 Å². The third kappa shape index (κ3) is 4.62. The number of hydrogen-bond acceptors (Lipinski definition) is 5. The van der Waals surface area contributed by atoms with Crippen molar-refractivity contribution in [3.05, 3.63) is 98.1 Å². The van der Waals surface area contributed by atoms with Gasteiger partial charge in [0.15, 0.2) is 16.9 Å². The molecule has 1 unspecified atom stereocenters. The zero-order valence-corrected chi connectivity index (χ0v) is 22.0. The van der Waals surface area contributed by atoms with Gasteiger partial charge in [0.1, 0.15) is 11.4 Å². The number of rotatable bonds is 8. The zero-order chi connectivity index (χ0) is 26.1. The second-order valence-electron chi connectivity index (χ2n) is 8.71. The quantitative estimate of drug-likeness (QED) is 0.215. The van der Waals surface area contributed by atoms with Crippen molar-refractivity contribution >= 4 is 38.5 Å². The number of carbonyl (C=O) groups is 1. The van der Waals surface area contributed by atoms with E-state index in [1.165, 1.54) is 29.2 Å². The molecule has 1 aliphatic heterocycles. The highest BCUT2D eigenvalue weighted by molar-refractivity contribution is 9.10. The Labute approximate surface area is 221 Å². The number of unbranched alkanes of at least 4 members (excludes halogenated alkanes) is 1. The highest BCUT2D eigenvalue weighted by Gasteiger charge is 2.44. The number of amides is 1. The summed E-state index contributed by atoms with van der Waals surface area (Å²) in [7, 11) is 0. The molecule has 0 saturated carbocycles. The lowest BCUT2D eigenvalue weighted by Gasteiger charge is -2.26. The number of nitrogens with zero attached hydrogens (tertiary/aromatic N) is 1. The molecule has 0 bridgehead atoms. The molecule has 1 aliphatic rings. The van der Waals surface area contributed by atoms with Crippen LogP contribution in [0, 0.1) is 5.82 Å². The molecular weight excluding hydrogens is 541 g/mol. The maximum Gasteiger partial charge on any atom is 0.295 e. The molecule has 3 aromatic carbocycles. The summed E-state index contributed by atoms with van der Waals surface area (Å²) in [6, 6.07) is 15.3. The summed E-state index contributed by atoms with van der Waals surface area (Å²) in [4.78, 5) is 29.0. The molecule has 0 fully saturated rings. The van der Waals surface area contributed by atoms with E-state index in [2.05, 4.69) is 22.9 Å². The molecule has 0 saturated heterocycles. The number of benzene rings is 3. The van der Waals surface area contributed by atoms with Crippen LogP contribution in [0.5, 0.6) is 11.5 Å². The van der Waals surface area contributed by atoms with Gasteiger partial charge in [-0.05, 0) is 73.5 Å². The number of fused-ring (bicyclic) bond motifs is 2. The lowest BCUT2D eigenvalue weighted by atomic mass is 9.97. The first-order valence-electron chi connectivity index (χ1n) is 12.2. The van der Waals surface area contributed by atoms with Gasteiger partial charge in [0.05, 0.1) is 30.2 Å². The van der Waals surface area contributed by atoms with Crippen LogP contribution in [0.3, 0.4) is 0 Å². The van der Waals surface area contributed by atoms with E-state index in [1.807, 2.05) is 13.0 Å². The van der Waals surface area contributed by atoms with Crippen molar-refractivity contribution in [2.75, 3.05) is 18.1 Å². The van der Waals surface area contributed by atoms with E-state index >= 15 is 0 Å². The largest absolute Gasteiger partial charge is 0.490 e. The molecule has 4 aromatic rings. The Balaban J connectivity index is 1.71. The van der Waals surface area contributed by atoms with Gasteiger partial charge in [-0.15, -0.1) is 0 Å². The summed E-state index contributed by atoms with van der Waals surface area (Å²) in [6.07, 6.45) is 1.90. The predicted molar refractivity (Wildman–Crippen MR) is 143 cm³/mol. The minimum atomic E-state index is -0.809. The van der Waals surface area contributed by atoms with Crippen molar-refractivity contribution in [2.45, 2.75) is 32.7 Å². The summed E-state index contributed by atoms with van der Waals surface area (Å²) in [6.45, 7) is 4.92. The van der Waals surface area contributed by atoms with Crippen LogP contribution in [0.1, 0.15) is 54.4 Å². The Morgan fingerprint density at radius 3 is 2.49 bits per heavy atom. The molecule has 6 nitrogen and oxygen atoms in total. The Kier molecular flexibility index (Phi) is 7.02. The molecule has 1 amide bonds. The summed E-state index contributed by atoms with van der Waals surface area (Å²) in [5, 5.41) is 0.358. The van der Waals surface area contributed by atoms with Crippen molar-refractivity contribution in [1.29, 1.82) is 0 Å². The van der Waals surface area contributed by atoms with Crippen LogP contribution in [0.25, 0.3) is 11.0 Å². The van der Waals surface area contributed by atoms with Gasteiger partial charge in [-0.3, -0.25) is 14.5 Å². The van der Waals surface area contributed by atoms with E-state index in [1.54, 1.807) is 30.3 Å². The number of halogens is 2. The van der Waals surface area contributed by atoms with Crippen LogP contribution in [0.15, 0.2) is 74.3 Å². The fraction of sp³-hybridized carbons (Fsp3) is 0.241. The van der Waals surface area contributed by atoms with Crippen LogP contribution in [0.2, 0.25) is 0 Å². The molecular formula is C29H25BrFNO5. The van der Waals surface area contributed by atoms with E-state index in [-0.39, 0.29) is 16.8 Å². The van der Waals surface area contributed by atoms with Crippen molar-refractivity contribution in [3.8, 4) is 11.5 Å². The van der Waals surface area contributed by atoms with E-state index < -0.39 is 17.8 Å². The topological polar surface area (TPSA) is 69.0 Å². The molecule has 8 heteroatoms. The molecule has 190 valence electrons. The third-order valence-corrected chi connectivity index (χ3v) is 6.77. The van der Waals surface area contributed by atoms with Crippen LogP contribution in [0.4, 0.5) is 10.1 Å². The maximum absolute atomic E-state index is 13.8. The summed E-state index contributed by atoms with van der Waals surface area (Å²) in [5.41, 5.74) is 1.32. The highest BCUT2D eigenvalue weighted by atomic mass is 79.9. The van der Waals surface area contributed by atoms with Gasteiger partial charge in [-0.25, -0.2) is 4.39 Å². The fourth-order valence-corrected chi connectivity index (χ4v) is 4.90. The monoisotopic (exact) mass is 565 g/mol. The van der Waals surface area contributed by atoms with Crippen LogP contribution in [-0.4, -0.2) is 19.1 Å². The standard InChI is InChI=1S/C29H25BrFNO5/c1-3-5-14-36-23-12-6-17(15-24(23)35-4-2)26-25-27(33)21-16-18(30)7-13-22(21)37-28(25)29(34)32(26)20-10-8-19(31)9-11-20/h6-13,15-16,26H,3-5,14H2,1-2H3. The van der Waals surface area contributed by atoms with E-state index in [0.717, 1.165) is 17.3 Å². The molecule has 1 aromatic heterocycles. The first-order chi connectivity index (χ1) is 17.9. The Bertz CT molecular complexity index is 1530. The lowest BCUT2D eigenvalue weighted by Crippen LogP contribution is -2.29. The molecule has 1 atom stereocenters. The minimum Gasteiger partial charge on any atom is -0.490 e. The summed E-state index contributed by atoms with van der Waals surface area (Å²) < 4.78 is 32.3. The first-order valence-corrected chi connectivity index (χ1v) is 13.0. The smallest absolute Gasteiger partial charge is 0.295 e. The van der Waals surface area contributed by atoms with Crippen LogP contribution in [-0.2, 0) is 0 Å². The van der Waals surface area contributed by atoms with Crippen molar-refractivity contribution in [3.63, 3.8) is 0 Å². The van der Waals surface area contributed by atoms with Gasteiger partial charge in [0, 0.05) is 10.2 Å². The number of anilines is 1. The van der Waals surface area contributed by atoms with Gasteiger partial charge in [0.25, 0.3) is 5.91 Å². The van der Waals surface area contributed by atoms with E-state index in [4.69, 9.17) is 13.9 Å². The van der Waals surface area contributed by atoms with Crippen molar-refractivity contribution in [2.24, 2.45) is 0 Å². The molecule has 5 rings (SSSR count). The van der Waals surface area contributed by atoms with E-state index in [0.29, 0.717) is 46.9 Å². The molecule has 37 heavy (non-hydrogen) atoms. The highest BCUT2D eigenvalue weighted by Crippen LogP contribution is 2.43. The number of hydrogen-bond donors (Lipinski definition) is 0. The average Bonchev–Trinajstić information content (AvgIpc) is 3.18. The summed E-state index contributed by atoms with van der Waals surface area (Å²) >= 11 is 3.41. The Morgan fingerprint density at radius 1 is 0.973 bits per heavy atom. The van der Waals surface area contributed by atoms with Gasteiger partial charge < -0.3 is 13.9 Å². The molecule has 0 aliphatic carbocycles. The number of carbonyl (C=O) groups excluding carboxylic acids is 1. The normalized spacial score (nSPS) is 14.8. The first kappa shape index (κ1) is 25.0.